The number of hydrogen-bond acceptors (Lipinski definition) is 6. The van der Waals surface area contributed by atoms with Crippen molar-refractivity contribution in [3.05, 3.63) is 109 Å². The number of unbranched alkanes of at least 4 members (excludes halogenated alkanes) is 21. The third-order valence-electron chi connectivity index (χ3n) is 11.8. The molecular weight excluding hydrogens is 853 g/mol. The average molecular weight is 958 g/mol. The van der Waals surface area contributed by atoms with Crippen LogP contribution in [0.5, 0.6) is 0 Å². The first-order valence-electron chi connectivity index (χ1n) is 28.4. The van der Waals surface area contributed by atoms with Gasteiger partial charge in [-0.25, -0.2) is 0 Å². The van der Waals surface area contributed by atoms with E-state index in [9.17, 15) is 14.4 Å². The third-order valence-corrected chi connectivity index (χ3v) is 11.8. The highest BCUT2D eigenvalue weighted by atomic mass is 16.6. The van der Waals surface area contributed by atoms with Crippen LogP contribution in [0.3, 0.4) is 0 Å². The molecule has 0 aliphatic rings. The van der Waals surface area contributed by atoms with E-state index in [1.807, 2.05) is 0 Å². The van der Waals surface area contributed by atoms with Gasteiger partial charge in [0.1, 0.15) is 13.2 Å². The Morgan fingerprint density at radius 3 is 0.884 bits per heavy atom. The molecule has 6 heteroatoms. The van der Waals surface area contributed by atoms with Crippen LogP contribution in [0.15, 0.2) is 109 Å². The van der Waals surface area contributed by atoms with Gasteiger partial charge in [-0.3, -0.25) is 14.4 Å². The van der Waals surface area contributed by atoms with Crippen LogP contribution in [0.2, 0.25) is 0 Å². The number of ether oxygens (including phenoxy) is 3. The summed E-state index contributed by atoms with van der Waals surface area (Å²) in [5, 5.41) is 0. The Morgan fingerprint density at radius 1 is 0.304 bits per heavy atom. The predicted molar refractivity (Wildman–Crippen MR) is 297 cm³/mol. The third kappa shape index (κ3) is 54.9. The molecule has 1 atom stereocenters. The maximum Gasteiger partial charge on any atom is 0.306 e. The molecule has 0 heterocycles. The van der Waals surface area contributed by atoms with Crippen molar-refractivity contribution in [3.63, 3.8) is 0 Å². The lowest BCUT2D eigenvalue weighted by Gasteiger charge is -2.18. The van der Waals surface area contributed by atoms with E-state index >= 15 is 0 Å². The Morgan fingerprint density at radius 2 is 0.565 bits per heavy atom. The molecule has 0 bridgehead atoms. The van der Waals surface area contributed by atoms with E-state index < -0.39 is 6.10 Å². The van der Waals surface area contributed by atoms with Gasteiger partial charge in [0, 0.05) is 19.3 Å². The topological polar surface area (TPSA) is 78.9 Å². The molecule has 1 unspecified atom stereocenters. The first-order chi connectivity index (χ1) is 34.0. The molecule has 0 fully saturated rings. The molecule has 0 saturated heterocycles. The van der Waals surface area contributed by atoms with E-state index in [0.717, 1.165) is 135 Å². The van der Waals surface area contributed by atoms with Gasteiger partial charge in [0.05, 0.1) is 0 Å². The van der Waals surface area contributed by atoms with Crippen molar-refractivity contribution in [2.75, 3.05) is 13.2 Å². The second-order valence-electron chi connectivity index (χ2n) is 18.5. The molecule has 0 aromatic rings. The monoisotopic (exact) mass is 957 g/mol. The second-order valence-corrected chi connectivity index (χ2v) is 18.5. The SMILES string of the molecule is CC/C=C\C/C=C\C/C=C\C/C=C\C/C=C\C/C=C\C/C=C\C/C=C\C/C=C\CCCCCCCC(=O)OCC(COC(=O)CCCCCCCC)OC(=O)CCCCCCCCCCCCCC. The van der Waals surface area contributed by atoms with Gasteiger partial charge in [0.15, 0.2) is 6.10 Å². The van der Waals surface area contributed by atoms with Crippen molar-refractivity contribution in [2.24, 2.45) is 0 Å². The van der Waals surface area contributed by atoms with Gasteiger partial charge < -0.3 is 14.2 Å². The lowest BCUT2D eigenvalue weighted by Crippen LogP contribution is -2.30. The van der Waals surface area contributed by atoms with E-state index in [1.54, 1.807) is 0 Å². The van der Waals surface area contributed by atoms with E-state index in [4.69, 9.17) is 14.2 Å². The standard InChI is InChI=1S/C63H104O6/c1-4-7-10-13-16-18-20-22-23-24-25-26-27-28-29-30-31-32-33-34-35-36-37-38-39-40-41-42-44-45-47-50-53-56-62(65)68-59-60(58-67-61(64)55-52-49-15-12-9-6-3)69-63(66)57-54-51-48-46-43-21-19-17-14-11-8-5-2/h7,10,16,18,22-23,25-26,28-29,31-32,34-35,37-38,40-41,60H,4-6,8-9,11-15,17,19-21,24,27,30,33,36,39,42-59H2,1-3H3/b10-7-,18-16-,23-22-,26-25-,29-28-,32-31-,35-34-,38-37-,41-40-. The van der Waals surface area contributed by atoms with E-state index in [0.29, 0.717) is 19.3 Å². The zero-order valence-corrected chi connectivity index (χ0v) is 44.8. The number of esters is 3. The Bertz CT molecular complexity index is 1420. The summed E-state index contributed by atoms with van der Waals surface area (Å²) in [4.78, 5) is 37.7. The lowest BCUT2D eigenvalue weighted by molar-refractivity contribution is -0.167. The van der Waals surface area contributed by atoms with Gasteiger partial charge in [-0.2, -0.15) is 0 Å². The van der Waals surface area contributed by atoms with Crippen molar-refractivity contribution in [1.82, 2.24) is 0 Å². The maximum absolute atomic E-state index is 12.7. The number of carbonyl (C=O) groups excluding carboxylic acids is 3. The maximum atomic E-state index is 12.7. The van der Waals surface area contributed by atoms with Gasteiger partial charge in [0.25, 0.3) is 0 Å². The Kier molecular flexibility index (Phi) is 53.4. The fourth-order valence-electron chi connectivity index (χ4n) is 7.55. The van der Waals surface area contributed by atoms with Crippen LogP contribution in [0.4, 0.5) is 0 Å². The minimum absolute atomic E-state index is 0.0828. The molecule has 0 aromatic heterocycles. The largest absolute Gasteiger partial charge is 0.462 e. The van der Waals surface area contributed by atoms with Crippen molar-refractivity contribution in [3.8, 4) is 0 Å². The molecule has 0 rings (SSSR count). The smallest absolute Gasteiger partial charge is 0.306 e. The molecule has 0 aromatic carbocycles. The first kappa shape index (κ1) is 65.1. The second kappa shape index (κ2) is 56.7. The fraction of sp³-hybridized carbons (Fsp3) is 0.667. The van der Waals surface area contributed by atoms with E-state index in [2.05, 4.69) is 130 Å². The van der Waals surface area contributed by atoms with Crippen molar-refractivity contribution < 1.29 is 28.6 Å². The highest BCUT2D eigenvalue weighted by Gasteiger charge is 2.19. The zero-order valence-electron chi connectivity index (χ0n) is 44.8. The molecule has 6 nitrogen and oxygen atoms in total. The van der Waals surface area contributed by atoms with Crippen LogP contribution in [-0.2, 0) is 28.6 Å². The quantitative estimate of drug-likeness (QED) is 0.0262. The van der Waals surface area contributed by atoms with Crippen LogP contribution < -0.4 is 0 Å². The minimum atomic E-state index is -0.780. The summed E-state index contributed by atoms with van der Waals surface area (Å²) in [5.74, 6) is -0.914. The Labute approximate surface area is 425 Å². The summed E-state index contributed by atoms with van der Waals surface area (Å²) in [7, 11) is 0. The molecule has 0 radical (unpaired) electrons. The summed E-state index contributed by atoms with van der Waals surface area (Å²) >= 11 is 0. The van der Waals surface area contributed by atoms with Crippen LogP contribution >= 0.6 is 0 Å². The fourth-order valence-corrected chi connectivity index (χ4v) is 7.55. The summed E-state index contributed by atoms with van der Waals surface area (Å²) in [6.45, 7) is 6.44. The number of hydrogen-bond donors (Lipinski definition) is 0. The van der Waals surface area contributed by atoms with Gasteiger partial charge in [-0.15, -0.1) is 0 Å². The molecule has 69 heavy (non-hydrogen) atoms. The molecule has 0 amide bonds. The lowest BCUT2D eigenvalue weighted by atomic mass is 10.0. The minimum Gasteiger partial charge on any atom is -0.462 e. The Balaban J connectivity index is 4.13. The first-order valence-corrected chi connectivity index (χ1v) is 28.4. The van der Waals surface area contributed by atoms with Crippen molar-refractivity contribution >= 4 is 17.9 Å². The summed E-state index contributed by atoms with van der Waals surface area (Å²) in [6.07, 6.45) is 76.9. The molecule has 0 saturated carbocycles. The molecule has 0 aliphatic carbocycles. The molecular formula is C63H104O6. The van der Waals surface area contributed by atoms with E-state index in [-0.39, 0.29) is 31.1 Å². The normalized spacial score (nSPS) is 12.9. The average Bonchev–Trinajstić information content (AvgIpc) is 3.35. The molecule has 392 valence electrons. The van der Waals surface area contributed by atoms with Gasteiger partial charge >= 0.3 is 17.9 Å². The van der Waals surface area contributed by atoms with Gasteiger partial charge in [-0.05, 0) is 89.9 Å². The van der Waals surface area contributed by atoms with Crippen molar-refractivity contribution in [1.29, 1.82) is 0 Å². The van der Waals surface area contributed by atoms with Crippen molar-refractivity contribution in [2.45, 2.75) is 258 Å². The zero-order chi connectivity index (χ0) is 50.0. The number of rotatable bonds is 50. The Hall–Kier alpha value is -3.93. The predicted octanol–water partition coefficient (Wildman–Crippen LogP) is 19.1. The summed E-state index contributed by atoms with van der Waals surface area (Å²) in [5.41, 5.74) is 0. The van der Waals surface area contributed by atoms with Crippen LogP contribution in [0.1, 0.15) is 252 Å². The van der Waals surface area contributed by atoms with Crippen LogP contribution in [0, 0.1) is 0 Å². The summed E-state index contributed by atoms with van der Waals surface area (Å²) < 4.78 is 16.7. The highest BCUT2D eigenvalue weighted by molar-refractivity contribution is 5.71. The molecule has 0 spiro atoms. The summed E-state index contributed by atoms with van der Waals surface area (Å²) in [6, 6.07) is 0. The highest BCUT2D eigenvalue weighted by Crippen LogP contribution is 2.14. The van der Waals surface area contributed by atoms with Crippen LogP contribution in [0.25, 0.3) is 0 Å². The molecule has 0 N–H and O–H groups in total. The van der Waals surface area contributed by atoms with Gasteiger partial charge in [-0.1, -0.05) is 252 Å². The molecule has 0 aliphatic heterocycles. The van der Waals surface area contributed by atoms with E-state index in [1.165, 1.54) is 77.0 Å². The van der Waals surface area contributed by atoms with Crippen LogP contribution in [-0.4, -0.2) is 37.2 Å². The number of carbonyl (C=O) groups is 3. The van der Waals surface area contributed by atoms with Gasteiger partial charge in [0.2, 0.25) is 0 Å². The number of allylic oxidation sites excluding steroid dienone is 18.